The molecule has 0 saturated carbocycles. The number of aliphatic hydroxyl groups excluding tert-OH is 1. The molecule has 5 nitrogen and oxygen atoms in total. The molecule has 2 N–H and O–H groups in total. The molecule has 134 valence electrons. The summed E-state index contributed by atoms with van der Waals surface area (Å²) in [7, 11) is 0. The maximum Gasteiger partial charge on any atom is 0.225 e. The van der Waals surface area contributed by atoms with Gasteiger partial charge in [-0.25, -0.2) is 9.97 Å². The van der Waals surface area contributed by atoms with Crippen LogP contribution in [0.4, 0.5) is 5.82 Å². The van der Waals surface area contributed by atoms with Crippen LogP contribution >= 0.6 is 11.3 Å². The molecule has 0 saturated heterocycles. The second kappa shape index (κ2) is 8.21. The van der Waals surface area contributed by atoms with Gasteiger partial charge in [0, 0.05) is 12.0 Å². The molecule has 3 rings (SSSR count). The van der Waals surface area contributed by atoms with Crippen molar-refractivity contribution in [2.45, 2.75) is 26.9 Å². The molecule has 0 aliphatic heterocycles. The van der Waals surface area contributed by atoms with Crippen molar-refractivity contribution < 1.29 is 9.90 Å². The lowest BCUT2D eigenvalue weighted by molar-refractivity contribution is -0.116. The number of carbonyl (C=O) groups is 1. The van der Waals surface area contributed by atoms with E-state index in [1.165, 1.54) is 0 Å². The Morgan fingerprint density at radius 1 is 1.23 bits per heavy atom. The lowest BCUT2D eigenvalue weighted by Crippen LogP contribution is -2.16. The van der Waals surface area contributed by atoms with Crippen LogP contribution in [0.3, 0.4) is 0 Å². The Morgan fingerprint density at radius 2 is 2.00 bits per heavy atom. The molecule has 0 radical (unpaired) electrons. The van der Waals surface area contributed by atoms with Gasteiger partial charge in [0.05, 0.1) is 23.4 Å². The monoisotopic (exact) mass is 367 g/mol. The van der Waals surface area contributed by atoms with Gasteiger partial charge in [0.2, 0.25) is 5.91 Å². The molecule has 26 heavy (non-hydrogen) atoms. The van der Waals surface area contributed by atoms with Crippen molar-refractivity contribution in [1.29, 1.82) is 0 Å². The van der Waals surface area contributed by atoms with Crippen molar-refractivity contribution in [3.63, 3.8) is 0 Å². The highest BCUT2D eigenvalue weighted by molar-refractivity contribution is 7.13. The summed E-state index contributed by atoms with van der Waals surface area (Å²) in [5.74, 6) is 0.693. The molecule has 2 aromatic heterocycles. The number of hydrogen-bond donors (Lipinski definition) is 2. The van der Waals surface area contributed by atoms with Gasteiger partial charge < -0.3 is 10.4 Å². The maximum atomic E-state index is 12.2. The molecule has 2 heterocycles. The zero-order valence-corrected chi connectivity index (χ0v) is 15.6. The first-order chi connectivity index (χ1) is 12.6. The summed E-state index contributed by atoms with van der Waals surface area (Å²) in [6.45, 7) is 4.02. The Labute approximate surface area is 156 Å². The standard InChI is InChI=1S/C20H21N3O2S/c1-13(2)10-18(25)23-20-19(17-4-3-9-26-17)22-16(11-21-20)15-7-5-14(12-24)6-8-15/h3-9,11,13,24H,10,12H2,1-2H3,(H,21,23,25). The number of nitrogens with zero attached hydrogens (tertiary/aromatic N) is 2. The van der Waals surface area contributed by atoms with Gasteiger partial charge in [-0.1, -0.05) is 44.2 Å². The zero-order chi connectivity index (χ0) is 18.5. The molecule has 0 unspecified atom stereocenters. The Morgan fingerprint density at radius 3 is 2.62 bits per heavy atom. The number of rotatable bonds is 6. The second-order valence-electron chi connectivity index (χ2n) is 6.43. The van der Waals surface area contributed by atoms with Crippen LogP contribution in [0.2, 0.25) is 0 Å². The van der Waals surface area contributed by atoms with Crippen LogP contribution < -0.4 is 5.32 Å². The lowest BCUT2D eigenvalue weighted by Gasteiger charge is -2.11. The average molecular weight is 367 g/mol. The number of thiophene rings is 1. The van der Waals surface area contributed by atoms with Crippen LogP contribution in [-0.4, -0.2) is 21.0 Å². The average Bonchev–Trinajstić information content (AvgIpc) is 3.16. The summed E-state index contributed by atoms with van der Waals surface area (Å²) in [6.07, 6.45) is 2.10. The first-order valence-electron chi connectivity index (χ1n) is 8.47. The first kappa shape index (κ1) is 18.2. The van der Waals surface area contributed by atoms with E-state index < -0.39 is 0 Å². The van der Waals surface area contributed by atoms with Gasteiger partial charge in [0.25, 0.3) is 0 Å². The molecule has 6 heteroatoms. The summed E-state index contributed by atoms with van der Waals surface area (Å²) in [5.41, 5.74) is 3.14. The highest BCUT2D eigenvalue weighted by atomic mass is 32.1. The number of nitrogens with one attached hydrogen (secondary N) is 1. The Balaban J connectivity index is 1.96. The number of anilines is 1. The summed E-state index contributed by atoms with van der Waals surface area (Å²) in [6, 6.07) is 11.4. The normalized spacial score (nSPS) is 10.9. The largest absolute Gasteiger partial charge is 0.392 e. The van der Waals surface area contributed by atoms with Crippen LogP contribution in [0.15, 0.2) is 48.0 Å². The van der Waals surface area contributed by atoms with E-state index in [2.05, 4.69) is 10.3 Å². The predicted molar refractivity (Wildman–Crippen MR) is 105 cm³/mol. The fourth-order valence-electron chi connectivity index (χ4n) is 2.54. The lowest BCUT2D eigenvalue weighted by atomic mass is 10.1. The van der Waals surface area contributed by atoms with E-state index in [4.69, 9.17) is 4.98 Å². The number of amides is 1. The van der Waals surface area contributed by atoms with Crippen molar-refractivity contribution in [3.8, 4) is 21.8 Å². The number of carbonyl (C=O) groups excluding carboxylic acids is 1. The Hall–Kier alpha value is -2.57. The SMILES string of the molecule is CC(C)CC(=O)Nc1ncc(-c2ccc(CO)cc2)nc1-c1cccs1. The van der Waals surface area contributed by atoms with Gasteiger partial charge in [-0.05, 0) is 22.9 Å². The zero-order valence-electron chi connectivity index (χ0n) is 14.8. The van der Waals surface area contributed by atoms with E-state index in [1.54, 1.807) is 17.5 Å². The van der Waals surface area contributed by atoms with E-state index >= 15 is 0 Å². The van der Waals surface area contributed by atoms with E-state index in [1.807, 2.05) is 55.6 Å². The van der Waals surface area contributed by atoms with Crippen LogP contribution in [0, 0.1) is 5.92 Å². The van der Waals surface area contributed by atoms with Gasteiger partial charge in [-0.2, -0.15) is 0 Å². The van der Waals surface area contributed by atoms with Gasteiger partial charge in [-0.15, -0.1) is 11.3 Å². The molecule has 0 atom stereocenters. The molecular formula is C20H21N3O2S. The van der Waals surface area contributed by atoms with Gasteiger partial charge in [0.15, 0.2) is 5.82 Å². The fraction of sp³-hybridized carbons (Fsp3) is 0.250. The third-order valence-electron chi connectivity index (χ3n) is 3.81. The van der Waals surface area contributed by atoms with Gasteiger partial charge in [-0.3, -0.25) is 4.79 Å². The van der Waals surface area contributed by atoms with E-state index in [0.29, 0.717) is 17.9 Å². The minimum atomic E-state index is -0.0628. The third kappa shape index (κ3) is 4.33. The summed E-state index contributed by atoms with van der Waals surface area (Å²) in [4.78, 5) is 22.3. The molecule has 0 fully saturated rings. The summed E-state index contributed by atoms with van der Waals surface area (Å²) < 4.78 is 0. The van der Waals surface area contributed by atoms with Crippen molar-refractivity contribution in [2.24, 2.45) is 5.92 Å². The Bertz CT molecular complexity index is 875. The molecule has 0 spiro atoms. The van der Waals surface area contributed by atoms with Crippen LogP contribution in [0.1, 0.15) is 25.8 Å². The van der Waals surface area contributed by atoms with Gasteiger partial charge >= 0.3 is 0 Å². The molecule has 0 aliphatic carbocycles. The quantitative estimate of drug-likeness (QED) is 0.679. The highest BCUT2D eigenvalue weighted by Gasteiger charge is 2.15. The van der Waals surface area contributed by atoms with Crippen molar-refractivity contribution in [1.82, 2.24) is 9.97 Å². The molecule has 1 amide bonds. The van der Waals surface area contributed by atoms with Crippen molar-refractivity contribution in [2.75, 3.05) is 5.32 Å². The fourth-order valence-corrected chi connectivity index (χ4v) is 3.25. The molecule has 0 aliphatic rings. The molecule has 1 aromatic carbocycles. The van der Waals surface area contributed by atoms with E-state index in [9.17, 15) is 9.90 Å². The third-order valence-corrected chi connectivity index (χ3v) is 4.69. The summed E-state index contributed by atoms with van der Waals surface area (Å²) in [5, 5.41) is 14.0. The first-order valence-corrected chi connectivity index (χ1v) is 9.35. The number of aromatic nitrogens is 2. The van der Waals surface area contributed by atoms with Crippen LogP contribution in [0.5, 0.6) is 0 Å². The minimum Gasteiger partial charge on any atom is -0.392 e. The topological polar surface area (TPSA) is 75.1 Å². The summed E-state index contributed by atoms with van der Waals surface area (Å²) >= 11 is 1.55. The molecule has 3 aromatic rings. The maximum absolute atomic E-state index is 12.2. The molecule has 0 bridgehead atoms. The van der Waals surface area contributed by atoms with Crippen molar-refractivity contribution >= 4 is 23.1 Å². The predicted octanol–water partition coefficient (Wildman–Crippen LogP) is 4.35. The minimum absolute atomic E-state index is 0.00717. The van der Waals surface area contributed by atoms with Crippen LogP contribution in [-0.2, 0) is 11.4 Å². The van der Waals surface area contributed by atoms with E-state index in [-0.39, 0.29) is 18.4 Å². The number of benzene rings is 1. The van der Waals surface area contributed by atoms with Crippen LogP contribution in [0.25, 0.3) is 21.8 Å². The highest BCUT2D eigenvalue weighted by Crippen LogP contribution is 2.31. The smallest absolute Gasteiger partial charge is 0.225 e. The number of hydrogen-bond acceptors (Lipinski definition) is 5. The molecular weight excluding hydrogens is 346 g/mol. The van der Waals surface area contributed by atoms with E-state index in [0.717, 1.165) is 21.7 Å². The van der Waals surface area contributed by atoms with Gasteiger partial charge in [0.1, 0.15) is 5.69 Å². The van der Waals surface area contributed by atoms with Crippen molar-refractivity contribution in [3.05, 3.63) is 53.5 Å². The number of aliphatic hydroxyl groups is 1. The second-order valence-corrected chi connectivity index (χ2v) is 7.38. The Kier molecular flexibility index (Phi) is 5.75.